The van der Waals surface area contributed by atoms with Gasteiger partial charge in [0.25, 0.3) is 5.91 Å². The van der Waals surface area contributed by atoms with E-state index in [9.17, 15) is 9.59 Å². The molecule has 1 fully saturated rings. The van der Waals surface area contributed by atoms with Crippen LogP contribution in [-0.2, 0) is 9.59 Å². The van der Waals surface area contributed by atoms with Gasteiger partial charge in [0.2, 0.25) is 0 Å². The summed E-state index contributed by atoms with van der Waals surface area (Å²) in [6.07, 6.45) is 0.380. The highest BCUT2D eigenvalue weighted by atomic mass is 16.5. The second-order valence-electron chi connectivity index (χ2n) is 6.65. The lowest BCUT2D eigenvalue weighted by molar-refractivity contribution is -0.146. The molecule has 1 unspecified atom stereocenters. The van der Waals surface area contributed by atoms with Crippen molar-refractivity contribution >= 4 is 11.9 Å². The first-order valence-electron chi connectivity index (χ1n) is 8.08. The van der Waals surface area contributed by atoms with E-state index >= 15 is 0 Å². The molecule has 1 aliphatic carbocycles. The van der Waals surface area contributed by atoms with Crippen LogP contribution in [0.5, 0.6) is 5.75 Å². The molecule has 2 rings (SSSR count). The maximum Gasteiger partial charge on any atom is 0.306 e. The highest BCUT2D eigenvalue weighted by Crippen LogP contribution is 2.28. The van der Waals surface area contributed by atoms with Gasteiger partial charge in [-0.1, -0.05) is 26.0 Å². The zero-order valence-corrected chi connectivity index (χ0v) is 14.1. The standard InChI is InChI=1S/C18H25NO4/c1-10(2)13-6-5-11(3)16(9-13)23-12(4)17(20)19-15-7-14(8-15)18(21)22/h5-6,9-10,12,14-15H,7-8H2,1-4H3,(H,19,20)(H,21,22). The summed E-state index contributed by atoms with van der Waals surface area (Å²) in [6, 6.07) is 5.99. The number of hydrogen-bond donors (Lipinski definition) is 2. The van der Waals surface area contributed by atoms with E-state index < -0.39 is 12.1 Å². The zero-order chi connectivity index (χ0) is 17.1. The van der Waals surface area contributed by atoms with Gasteiger partial charge in [0.15, 0.2) is 6.10 Å². The van der Waals surface area contributed by atoms with Crippen LogP contribution in [0.4, 0.5) is 0 Å². The van der Waals surface area contributed by atoms with Crippen molar-refractivity contribution in [2.24, 2.45) is 5.92 Å². The maximum atomic E-state index is 12.2. The van der Waals surface area contributed by atoms with E-state index in [0.29, 0.717) is 18.8 Å². The zero-order valence-electron chi connectivity index (χ0n) is 14.1. The number of aryl methyl sites for hydroxylation is 1. The van der Waals surface area contributed by atoms with Crippen molar-refractivity contribution in [1.82, 2.24) is 5.32 Å². The minimum Gasteiger partial charge on any atom is -0.481 e. The van der Waals surface area contributed by atoms with E-state index in [1.807, 2.05) is 19.1 Å². The predicted octanol–water partition coefficient (Wildman–Crippen LogP) is 2.87. The van der Waals surface area contributed by atoms with Crippen molar-refractivity contribution in [3.8, 4) is 5.75 Å². The van der Waals surface area contributed by atoms with Crippen LogP contribution in [-0.4, -0.2) is 29.1 Å². The molecule has 1 aliphatic rings. The number of aliphatic carboxylic acids is 1. The number of carboxylic acids is 1. The average molecular weight is 319 g/mol. The van der Waals surface area contributed by atoms with Gasteiger partial charge >= 0.3 is 5.97 Å². The summed E-state index contributed by atoms with van der Waals surface area (Å²) in [5.74, 6) is -0.212. The number of carbonyl (C=O) groups is 2. The lowest BCUT2D eigenvalue weighted by atomic mass is 9.80. The number of hydrogen-bond acceptors (Lipinski definition) is 3. The van der Waals surface area contributed by atoms with E-state index in [1.165, 1.54) is 5.56 Å². The Hall–Kier alpha value is -2.04. The van der Waals surface area contributed by atoms with Gasteiger partial charge in [-0.2, -0.15) is 0 Å². The Morgan fingerprint density at radius 2 is 1.91 bits per heavy atom. The van der Waals surface area contributed by atoms with E-state index in [4.69, 9.17) is 9.84 Å². The Morgan fingerprint density at radius 1 is 1.26 bits per heavy atom. The van der Waals surface area contributed by atoms with E-state index in [1.54, 1.807) is 6.92 Å². The van der Waals surface area contributed by atoms with Crippen LogP contribution >= 0.6 is 0 Å². The van der Waals surface area contributed by atoms with Crippen LogP contribution in [0.3, 0.4) is 0 Å². The van der Waals surface area contributed by atoms with Crippen LogP contribution in [0.25, 0.3) is 0 Å². The third-order valence-electron chi connectivity index (χ3n) is 4.39. The lowest BCUT2D eigenvalue weighted by Gasteiger charge is -2.33. The van der Waals surface area contributed by atoms with Crippen LogP contribution < -0.4 is 10.1 Å². The Morgan fingerprint density at radius 3 is 2.48 bits per heavy atom. The summed E-state index contributed by atoms with van der Waals surface area (Å²) in [5, 5.41) is 11.7. The molecule has 0 heterocycles. The van der Waals surface area contributed by atoms with Gasteiger partial charge in [0, 0.05) is 6.04 Å². The van der Waals surface area contributed by atoms with Gasteiger partial charge in [-0.15, -0.1) is 0 Å². The summed E-state index contributed by atoms with van der Waals surface area (Å²) < 4.78 is 5.81. The number of ether oxygens (including phenoxy) is 1. The van der Waals surface area contributed by atoms with Gasteiger partial charge < -0.3 is 15.2 Å². The van der Waals surface area contributed by atoms with Crippen molar-refractivity contribution < 1.29 is 19.4 Å². The SMILES string of the molecule is Cc1ccc(C(C)C)cc1OC(C)C(=O)NC1CC(C(=O)O)C1. The van der Waals surface area contributed by atoms with Crippen LogP contribution in [0, 0.1) is 12.8 Å². The Kier molecular flexibility index (Phi) is 5.29. The number of carboxylic acid groups (broad SMARTS) is 1. The highest BCUT2D eigenvalue weighted by molar-refractivity contribution is 5.81. The Bertz CT molecular complexity index is 591. The van der Waals surface area contributed by atoms with Gasteiger partial charge in [-0.25, -0.2) is 0 Å². The summed E-state index contributed by atoms with van der Waals surface area (Å²) in [4.78, 5) is 22.9. The minimum atomic E-state index is -0.791. The largest absolute Gasteiger partial charge is 0.481 e. The third-order valence-corrected chi connectivity index (χ3v) is 4.39. The number of amides is 1. The van der Waals surface area contributed by atoms with E-state index in [-0.39, 0.29) is 17.9 Å². The fraction of sp³-hybridized carbons (Fsp3) is 0.556. The summed E-state index contributed by atoms with van der Waals surface area (Å²) >= 11 is 0. The second kappa shape index (κ2) is 7.02. The minimum absolute atomic E-state index is 0.0576. The molecule has 0 radical (unpaired) electrons. The molecule has 5 heteroatoms. The Labute approximate surface area is 137 Å². The van der Waals surface area contributed by atoms with Crippen molar-refractivity contribution in [3.05, 3.63) is 29.3 Å². The molecule has 1 saturated carbocycles. The molecular formula is C18H25NO4. The molecular weight excluding hydrogens is 294 g/mol. The smallest absolute Gasteiger partial charge is 0.306 e. The second-order valence-corrected chi connectivity index (χ2v) is 6.65. The van der Waals surface area contributed by atoms with Crippen molar-refractivity contribution in [3.63, 3.8) is 0 Å². The number of carbonyl (C=O) groups excluding carboxylic acids is 1. The fourth-order valence-electron chi connectivity index (χ4n) is 2.60. The van der Waals surface area contributed by atoms with Crippen LogP contribution in [0.1, 0.15) is 50.7 Å². The molecule has 0 spiro atoms. The third kappa shape index (κ3) is 4.24. The maximum absolute atomic E-state index is 12.2. The molecule has 0 aromatic heterocycles. The van der Waals surface area contributed by atoms with Gasteiger partial charge in [0.05, 0.1) is 5.92 Å². The topological polar surface area (TPSA) is 75.6 Å². The molecule has 1 aromatic rings. The number of rotatable bonds is 6. The molecule has 0 saturated heterocycles. The average Bonchev–Trinajstić information content (AvgIpc) is 2.43. The summed E-state index contributed by atoms with van der Waals surface area (Å²) in [5.41, 5.74) is 2.16. The van der Waals surface area contributed by atoms with Gasteiger partial charge in [-0.3, -0.25) is 9.59 Å². The van der Waals surface area contributed by atoms with Gasteiger partial charge in [0.1, 0.15) is 5.75 Å². The Balaban J connectivity index is 1.91. The molecule has 0 aliphatic heterocycles. The number of benzene rings is 1. The quantitative estimate of drug-likeness (QED) is 0.845. The lowest BCUT2D eigenvalue weighted by Crippen LogP contribution is -2.50. The first-order valence-corrected chi connectivity index (χ1v) is 8.08. The molecule has 5 nitrogen and oxygen atoms in total. The molecule has 2 N–H and O–H groups in total. The first kappa shape index (κ1) is 17.3. The first-order chi connectivity index (χ1) is 10.8. The van der Waals surface area contributed by atoms with Crippen molar-refractivity contribution in [1.29, 1.82) is 0 Å². The molecule has 1 atom stereocenters. The normalized spacial score (nSPS) is 21.4. The van der Waals surface area contributed by atoms with Crippen LogP contribution in [0.2, 0.25) is 0 Å². The molecule has 23 heavy (non-hydrogen) atoms. The molecule has 1 amide bonds. The summed E-state index contributed by atoms with van der Waals surface area (Å²) in [6.45, 7) is 7.89. The monoisotopic (exact) mass is 319 g/mol. The fourth-order valence-corrected chi connectivity index (χ4v) is 2.60. The highest BCUT2D eigenvalue weighted by Gasteiger charge is 2.36. The van der Waals surface area contributed by atoms with Gasteiger partial charge in [-0.05, 0) is 49.8 Å². The number of nitrogens with one attached hydrogen (secondary N) is 1. The predicted molar refractivity (Wildman–Crippen MR) is 87.6 cm³/mol. The molecule has 0 bridgehead atoms. The van der Waals surface area contributed by atoms with E-state index in [2.05, 4.69) is 25.2 Å². The summed E-state index contributed by atoms with van der Waals surface area (Å²) in [7, 11) is 0. The molecule has 1 aromatic carbocycles. The van der Waals surface area contributed by atoms with Crippen LogP contribution in [0.15, 0.2) is 18.2 Å². The van der Waals surface area contributed by atoms with Crippen molar-refractivity contribution in [2.45, 2.75) is 58.6 Å². The van der Waals surface area contributed by atoms with E-state index in [0.717, 1.165) is 11.3 Å². The molecule has 126 valence electrons. The van der Waals surface area contributed by atoms with Crippen molar-refractivity contribution in [2.75, 3.05) is 0 Å².